The van der Waals surface area contributed by atoms with Crippen molar-refractivity contribution in [2.24, 2.45) is 0 Å². The molecule has 1 amide bonds. The van der Waals surface area contributed by atoms with Crippen LogP contribution in [0.15, 0.2) is 48.0 Å². The molecule has 4 rings (SSSR count). The first-order valence-corrected chi connectivity index (χ1v) is 11.6. The molecule has 1 heterocycles. The van der Waals surface area contributed by atoms with Crippen molar-refractivity contribution >= 4 is 46.3 Å². The number of rotatable bonds is 4. The molecule has 0 radical (unpaired) electrons. The third-order valence-electron chi connectivity index (χ3n) is 6.37. The third-order valence-corrected chi connectivity index (χ3v) is 7.11. The first kappa shape index (κ1) is 22.7. The molecule has 2 aliphatic rings. The van der Waals surface area contributed by atoms with Crippen LogP contribution in [0.3, 0.4) is 0 Å². The Hall–Kier alpha value is -2.50. The summed E-state index contributed by atoms with van der Waals surface area (Å²) in [5.41, 5.74) is 2.25. The van der Waals surface area contributed by atoms with E-state index in [1.54, 1.807) is 17.0 Å². The van der Waals surface area contributed by atoms with Crippen molar-refractivity contribution in [1.82, 2.24) is 4.90 Å². The van der Waals surface area contributed by atoms with Crippen LogP contribution in [0, 0.1) is 0 Å². The van der Waals surface area contributed by atoms with Crippen LogP contribution in [0.2, 0.25) is 10.0 Å². The number of ketones is 1. The summed E-state index contributed by atoms with van der Waals surface area (Å²) in [7, 11) is 3.90. The highest BCUT2D eigenvalue weighted by Crippen LogP contribution is 2.43. The lowest BCUT2D eigenvalue weighted by Gasteiger charge is -2.35. The fraction of sp³-hybridized carbons (Fsp3) is 0.360. The van der Waals surface area contributed by atoms with Gasteiger partial charge in [-0.25, -0.2) is 0 Å². The summed E-state index contributed by atoms with van der Waals surface area (Å²) in [5, 5.41) is 11.8. The monoisotopic (exact) mass is 472 g/mol. The van der Waals surface area contributed by atoms with Crippen LogP contribution in [0.1, 0.15) is 49.3 Å². The van der Waals surface area contributed by atoms with E-state index in [-0.39, 0.29) is 22.4 Å². The smallest absolute Gasteiger partial charge is 0.295 e. The van der Waals surface area contributed by atoms with Gasteiger partial charge in [0.2, 0.25) is 0 Å². The molecule has 32 heavy (non-hydrogen) atoms. The van der Waals surface area contributed by atoms with Crippen molar-refractivity contribution in [3.63, 3.8) is 0 Å². The van der Waals surface area contributed by atoms with E-state index < -0.39 is 17.7 Å². The van der Waals surface area contributed by atoms with Gasteiger partial charge in [0, 0.05) is 31.4 Å². The second-order valence-corrected chi connectivity index (χ2v) is 9.43. The van der Waals surface area contributed by atoms with Gasteiger partial charge in [-0.1, -0.05) is 54.6 Å². The Labute approximate surface area is 198 Å². The molecule has 2 aromatic rings. The molecule has 7 heteroatoms. The Balaban J connectivity index is 1.86. The van der Waals surface area contributed by atoms with E-state index in [1.165, 1.54) is 6.07 Å². The minimum atomic E-state index is -0.666. The van der Waals surface area contributed by atoms with Gasteiger partial charge in [0.05, 0.1) is 21.7 Å². The minimum Gasteiger partial charge on any atom is -0.507 e. The lowest BCUT2D eigenvalue weighted by molar-refractivity contribution is -0.141. The molecule has 1 N–H and O–H groups in total. The first-order chi connectivity index (χ1) is 15.3. The number of anilines is 1. The Morgan fingerprint density at radius 2 is 1.62 bits per heavy atom. The molecule has 1 atom stereocenters. The van der Waals surface area contributed by atoms with Crippen LogP contribution >= 0.6 is 23.2 Å². The molecule has 1 saturated heterocycles. The summed E-state index contributed by atoms with van der Waals surface area (Å²) >= 11 is 12.2. The second kappa shape index (κ2) is 9.16. The number of carbonyl (C=O) groups excluding carboxylic acids is 2. The maximum atomic E-state index is 13.2. The number of hydrogen-bond donors (Lipinski definition) is 1. The maximum Gasteiger partial charge on any atom is 0.295 e. The second-order valence-electron chi connectivity index (χ2n) is 8.61. The number of carbonyl (C=O) groups is 2. The number of amides is 1. The van der Waals surface area contributed by atoms with E-state index in [9.17, 15) is 14.7 Å². The summed E-state index contributed by atoms with van der Waals surface area (Å²) in [6, 6.07) is 11.8. The third kappa shape index (κ3) is 4.12. The molecule has 1 saturated carbocycles. The average molecular weight is 473 g/mol. The van der Waals surface area contributed by atoms with E-state index in [0.29, 0.717) is 10.6 Å². The van der Waals surface area contributed by atoms with Crippen LogP contribution in [0.25, 0.3) is 5.76 Å². The molecule has 2 fully saturated rings. The summed E-state index contributed by atoms with van der Waals surface area (Å²) in [6.45, 7) is 0. The molecule has 0 aromatic heterocycles. The number of halogens is 2. The number of benzene rings is 2. The molecular weight excluding hydrogens is 447 g/mol. The van der Waals surface area contributed by atoms with Gasteiger partial charge in [-0.05, 0) is 48.7 Å². The standard InChI is InChI=1S/C25H26Cl2N2O3/c1-28(2)17-11-8-15(9-12-17)22-21(23(30)16-10-13-19(26)20(27)14-16)24(31)25(32)29(22)18-6-4-3-5-7-18/h8-14,18,22,30H,3-7H2,1-2H3/b23-21-. The molecule has 1 aliphatic heterocycles. The van der Waals surface area contributed by atoms with Gasteiger partial charge in [0.15, 0.2) is 0 Å². The van der Waals surface area contributed by atoms with Crippen molar-refractivity contribution in [1.29, 1.82) is 0 Å². The predicted octanol–water partition coefficient (Wildman–Crippen LogP) is 5.81. The Morgan fingerprint density at radius 3 is 2.22 bits per heavy atom. The Kier molecular flexibility index (Phi) is 6.50. The van der Waals surface area contributed by atoms with Crippen molar-refractivity contribution in [3.8, 4) is 0 Å². The molecule has 0 spiro atoms. The van der Waals surface area contributed by atoms with E-state index in [4.69, 9.17) is 23.2 Å². The fourth-order valence-electron chi connectivity index (χ4n) is 4.67. The van der Waals surface area contributed by atoms with Crippen molar-refractivity contribution in [2.45, 2.75) is 44.2 Å². The fourth-order valence-corrected chi connectivity index (χ4v) is 4.96. The average Bonchev–Trinajstić information content (AvgIpc) is 3.06. The first-order valence-electron chi connectivity index (χ1n) is 10.8. The predicted molar refractivity (Wildman–Crippen MR) is 128 cm³/mol. The molecular formula is C25H26Cl2N2O3. The molecule has 1 aliphatic carbocycles. The number of aliphatic hydroxyl groups excluding tert-OH is 1. The van der Waals surface area contributed by atoms with E-state index in [1.807, 2.05) is 43.3 Å². The molecule has 1 unspecified atom stereocenters. The van der Waals surface area contributed by atoms with E-state index in [2.05, 4.69) is 0 Å². The normalized spacial score (nSPS) is 21.2. The maximum absolute atomic E-state index is 13.2. The number of Topliss-reactive ketones (excluding diaryl/α,β-unsaturated/α-hetero) is 1. The zero-order valence-electron chi connectivity index (χ0n) is 18.1. The lowest BCUT2D eigenvalue weighted by Crippen LogP contribution is -2.40. The highest BCUT2D eigenvalue weighted by Gasteiger charge is 2.48. The zero-order chi connectivity index (χ0) is 23.0. The van der Waals surface area contributed by atoms with Crippen LogP contribution < -0.4 is 4.90 Å². The number of hydrogen-bond acceptors (Lipinski definition) is 4. The largest absolute Gasteiger partial charge is 0.507 e. The highest BCUT2D eigenvalue weighted by molar-refractivity contribution is 6.47. The number of aliphatic hydroxyl groups is 1. The van der Waals surface area contributed by atoms with Gasteiger partial charge in [0.25, 0.3) is 11.7 Å². The van der Waals surface area contributed by atoms with Gasteiger partial charge in [-0.3, -0.25) is 9.59 Å². The van der Waals surface area contributed by atoms with E-state index >= 15 is 0 Å². The van der Waals surface area contributed by atoms with Gasteiger partial charge < -0.3 is 14.9 Å². The Bertz CT molecular complexity index is 1070. The minimum absolute atomic E-state index is 0.0298. The van der Waals surface area contributed by atoms with Gasteiger partial charge in [0.1, 0.15) is 5.76 Å². The summed E-state index contributed by atoms with van der Waals surface area (Å²) in [4.78, 5) is 30.1. The molecule has 168 valence electrons. The van der Waals surface area contributed by atoms with Crippen molar-refractivity contribution < 1.29 is 14.7 Å². The van der Waals surface area contributed by atoms with Crippen molar-refractivity contribution in [2.75, 3.05) is 19.0 Å². The van der Waals surface area contributed by atoms with Crippen LogP contribution in [-0.2, 0) is 9.59 Å². The molecule has 0 bridgehead atoms. The number of nitrogens with zero attached hydrogens (tertiary/aromatic N) is 2. The van der Waals surface area contributed by atoms with Gasteiger partial charge in [-0.15, -0.1) is 0 Å². The highest BCUT2D eigenvalue weighted by atomic mass is 35.5. The van der Waals surface area contributed by atoms with Gasteiger partial charge >= 0.3 is 0 Å². The molecule has 5 nitrogen and oxygen atoms in total. The van der Waals surface area contributed by atoms with E-state index in [0.717, 1.165) is 43.4 Å². The quantitative estimate of drug-likeness (QED) is 0.346. The van der Waals surface area contributed by atoms with Crippen LogP contribution in [-0.4, -0.2) is 41.8 Å². The summed E-state index contributed by atoms with van der Waals surface area (Å²) < 4.78 is 0. The topological polar surface area (TPSA) is 60.9 Å². The van der Waals surface area contributed by atoms with Gasteiger partial charge in [-0.2, -0.15) is 0 Å². The summed E-state index contributed by atoms with van der Waals surface area (Å²) in [5.74, 6) is -1.46. The summed E-state index contributed by atoms with van der Waals surface area (Å²) in [6.07, 6.45) is 4.88. The van der Waals surface area contributed by atoms with Crippen LogP contribution in [0.5, 0.6) is 0 Å². The number of likely N-dealkylation sites (tertiary alicyclic amines) is 1. The lowest BCUT2D eigenvalue weighted by atomic mass is 9.91. The van der Waals surface area contributed by atoms with Crippen LogP contribution in [0.4, 0.5) is 5.69 Å². The Morgan fingerprint density at radius 1 is 0.969 bits per heavy atom. The SMILES string of the molecule is CN(C)c1ccc(C2/C(=C(/O)c3ccc(Cl)c(Cl)c3)C(=O)C(=O)N2C2CCCCC2)cc1. The van der Waals surface area contributed by atoms with Crippen molar-refractivity contribution in [3.05, 3.63) is 69.2 Å². The molecule has 2 aromatic carbocycles. The zero-order valence-corrected chi connectivity index (χ0v) is 19.7.